The van der Waals surface area contributed by atoms with Crippen LogP contribution in [0.25, 0.3) is 33.2 Å². The van der Waals surface area contributed by atoms with Crippen molar-refractivity contribution in [3.8, 4) is 0 Å². The molecule has 3 aromatic heterocycles. The summed E-state index contributed by atoms with van der Waals surface area (Å²) in [6, 6.07) is 5.93. The lowest BCUT2D eigenvalue weighted by molar-refractivity contribution is -0.140. The van der Waals surface area contributed by atoms with Crippen LogP contribution in [0.3, 0.4) is 0 Å². The van der Waals surface area contributed by atoms with E-state index in [0.29, 0.717) is 41.1 Å². The number of aliphatic carboxylic acids is 1. The summed E-state index contributed by atoms with van der Waals surface area (Å²) in [5.74, 6) is -3.33. The molecule has 11 heteroatoms. The number of aryl methyl sites for hydroxylation is 2. The van der Waals surface area contributed by atoms with Gasteiger partial charge in [0.05, 0.1) is 47.8 Å². The van der Waals surface area contributed by atoms with Gasteiger partial charge in [-0.2, -0.15) is 0 Å². The molecule has 2 aliphatic rings. The highest BCUT2D eigenvalue weighted by atomic mass is 16.5. The Kier molecular flexibility index (Phi) is 12.0. The number of H-pyrrole nitrogens is 2. The van der Waals surface area contributed by atoms with Gasteiger partial charge in [-0.25, -0.2) is 9.78 Å². The van der Waals surface area contributed by atoms with Crippen LogP contribution in [0.5, 0.6) is 0 Å². The predicted octanol–water partition coefficient (Wildman–Crippen LogP) is 9.10. The van der Waals surface area contributed by atoms with Gasteiger partial charge >= 0.3 is 17.9 Å². The van der Waals surface area contributed by atoms with Crippen molar-refractivity contribution in [3.05, 3.63) is 68.8 Å². The van der Waals surface area contributed by atoms with Gasteiger partial charge in [0, 0.05) is 58.2 Å². The van der Waals surface area contributed by atoms with Gasteiger partial charge in [-0.1, -0.05) is 40.0 Å². The van der Waals surface area contributed by atoms with Crippen molar-refractivity contribution in [1.29, 1.82) is 0 Å². The summed E-state index contributed by atoms with van der Waals surface area (Å²) in [6.45, 7) is 14.8. The Morgan fingerprint density at radius 3 is 2.29 bits per heavy atom. The molecule has 2 aliphatic heterocycles. The minimum Gasteiger partial charge on any atom is -0.481 e. The number of aromatic amines is 2. The molecule has 0 saturated heterocycles. The van der Waals surface area contributed by atoms with E-state index in [2.05, 4.69) is 50.7 Å². The molecule has 0 amide bonds. The first-order valence-electron chi connectivity index (χ1n) is 18.4. The van der Waals surface area contributed by atoms with Crippen LogP contribution in [-0.2, 0) is 25.5 Å². The van der Waals surface area contributed by atoms with Gasteiger partial charge in [-0.3, -0.25) is 14.6 Å². The molecule has 11 nitrogen and oxygen atoms in total. The fourth-order valence-electron chi connectivity index (χ4n) is 7.72. The monoisotopic (exact) mass is 712 g/mol. The first-order valence-corrected chi connectivity index (χ1v) is 18.4. The number of unbranched alkanes of at least 4 members (excludes halogenated alkanes) is 3. The molecular formula is C41H52N4O7. The van der Waals surface area contributed by atoms with Crippen molar-refractivity contribution < 1.29 is 34.1 Å². The Hall–Kier alpha value is -4.77. The number of carboxylic acid groups (broad SMARTS) is 2. The molecule has 4 N–H and O–H groups in total. The number of rotatable bonds is 14. The van der Waals surface area contributed by atoms with Gasteiger partial charge in [-0.15, -0.1) is 0 Å². The van der Waals surface area contributed by atoms with E-state index in [1.807, 2.05) is 19.1 Å². The van der Waals surface area contributed by atoms with Crippen molar-refractivity contribution in [2.75, 3.05) is 13.7 Å². The van der Waals surface area contributed by atoms with Gasteiger partial charge in [0.15, 0.2) is 0 Å². The third-order valence-electron chi connectivity index (χ3n) is 10.7. The van der Waals surface area contributed by atoms with Crippen molar-refractivity contribution in [2.45, 2.75) is 118 Å². The van der Waals surface area contributed by atoms with E-state index in [1.54, 1.807) is 6.92 Å². The number of methoxy groups -OCH3 is 1. The largest absolute Gasteiger partial charge is 0.481 e. The number of nitrogens with zero attached hydrogens (tertiary/aromatic N) is 2. The van der Waals surface area contributed by atoms with E-state index in [-0.39, 0.29) is 42.4 Å². The number of esters is 1. The number of allylic oxidation sites excluding steroid dienone is 2. The first-order chi connectivity index (χ1) is 24.8. The molecule has 0 aliphatic carbocycles. The second-order valence-electron chi connectivity index (χ2n) is 14.0. The van der Waals surface area contributed by atoms with Gasteiger partial charge < -0.3 is 29.7 Å². The maximum Gasteiger partial charge on any atom is 0.338 e. The number of carbonyl (C=O) groups excluding carboxylic acids is 1. The summed E-state index contributed by atoms with van der Waals surface area (Å²) >= 11 is 0. The first kappa shape index (κ1) is 38.5. The zero-order valence-corrected chi connectivity index (χ0v) is 31.7. The van der Waals surface area contributed by atoms with Crippen molar-refractivity contribution in [1.82, 2.24) is 19.9 Å². The lowest BCUT2D eigenvalue weighted by Gasteiger charge is -2.17. The molecule has 278 valence electrons. The SMILES string of the molecule is CCCCCCOC(C)c1c(C)c2cc3nc(c(CC(=O)OC)c4[nH]c(cc5nc(cc1[nH]2)C(C)=C5CC)c(C)c4C(=O)O)[C@@H](CCC(=O)O)[C@@H]3C. The zero-order chi connectivity index (χ0) is 37.9. The van der Waals surface area contributed by atoms with Crippen molar-refractivity contribution in [3.63, 3.8) is 0 Å². The molecule has 0 aromatic carbocycles. The van der Waals surface area contributed by atoms with Crippen LogP contribution in [0.4, 0.5) is 0 Å². The van der Waals surface area contributed by atoms with E-state index >= 15 is 0 Å². The second kappa shape index (κ2) is 16.3. The van der Waals surface area contributed by atoms with E-state index in [0.717, 1.165) is 64.0 Å². The third-order valence-corrected chi connectivity index (χ3v) is 10.7. The Balaban J connectivity index is 1.93. The summed E-state index contributed by atoms with van der Waals surface area (Å²) in [5, 5.41) is 20.3. The Labute approximate surface area is 304 Å². The Bertz CT molecular complexity index is 2070. The van der Waals surface area contributed by atoms with Crippen LogP contribution < -0.4 is 0 Å². The summed E-state index contributed by atoms with van der Waals surface area (Å²) in [5.41, 5.74) is 10.2. The number of ether oxygens (including phenoxy) is 2. The lowest BCUT2D eigenvalue weighted by atomic mass is 9.85. The van der Waals surface area contributed by atoms with Crippen LogP contribution in [0.15, 0.2) is 18.2 Å². The van der Waals surface area contributed by atoms with E-state index < -0.39 is 23.8 Å². The molecule has 3 aromatic rings. The standard InChI is InChI=1S/C41H52N4O7/c1-9-11-12-13-16-52-25(7)37-23(5)31-18-30-22(4)27(14-15-35(46)47)39(44-30)28(17-36(48)51-8)40-38(41(49)50)24(6)32(45-40)19-33-26(10-2)21(3)29(42-33)20-34(37)43-31/h18-20,22,25,27,43,45H,9-17H2,1-8H3,(H,46,47)(H,49,50)/t22-,25?,27-/m0/s1. The second-order valence-corrected chi connectivity index (χ2v) is 14.0. The minimum atomic E-state index is -1.16. The number of hydrogen-bond donors (Lipinski definition) is 4. The van der Waals surface area contributed by atoms with Gasteiger partial charge in [0.2, 0.25) is 0 Å². The highest BCUT2D eigenvalue weighted by molar-refractivity contribution is 6.02. The molecule has 0 fully saturated rings. The quantitative estimate of drug-likeness (QED) is 0.0941. The van der Waals surface area contributed by atoms with Crippen LogP contribution in [0.2, 0.25) is 0 Å². The van der Waals surface area contributed by atoms with Gasteiger partial charge in [0.25, 0.3) is 0 Å². The van der Waals surface area contributed by atoms with Crippen molar-refractivity contribution in [2.24, 2.45) is 0 Å². The number of carboxylic acids is 2. The maximum absolute atomic E-state index is 13.0. The highest BCUT2D eigenvalue weighted by Gasteiger charge is 2.34. The highest BCUT2D eigenvalue weighted by Crippen LogP contribution is 2.43. The van der Waals surface area contributed by atoms with Crippen LogP contribution in [0, 0.1) is 13.8 Å². The number of fused-ring (bicyclic) bond motifs is 8. The molecule has 0 radical (unpaired) electrons. The summed E-state index contributed by atoms with van der Waals surface area (Å²) in [7, 11) is 1.28. The average Bonchev–Trinajstić information content (AvgIpc) is 3.78. The molecule has 5 rings (SSSR count). The molecular weight excluding hydrogens is 660 g/mol. The number of carbonyl (C=O) groups is 3. The predicted molar refractivity (Wildman–Crippen MR) is 202 cm³/mol. The molecule has 0 saturated carbocycles. The maximum atomic E-state index is 13.0. The number of aromatic carboxylic acids is 1. The minimum absolute atomic E-state index is 0.0186. The molecule has 5 heterocycles. The van der Waals surface area contributed by atoms with E-state index in [4.69, 9.17) is 19.4 Å². The smallest absolute Gasteiger partial charge is 0.338 e. The lowest BCUT2D eigenvalue weighted by Crippen LogP contribution is -2.12. The van der Waals surface area contributed by atoms with Crippen molar-refractivity contribution >= 4 is 51.1 Å². The summed E-state index contributed by atoms with van der Waals surface area (Å²) in [4.78, 5) is 55.0. The van der Waals surface area contributed by atoms with Crippen LogP contribution in [-0.4, -0.2) is 61.8 Å². The topological polar surface area (TPSA) is 167 Å². The van der Waals surface area contributed by atoms with E-state index in [9.17, 15) is 24.6 Å². The number of nitrogens with one attached hydrogen (secondary N) is 2. The van der Waals surface area contributed by atoms with Gasteiger partial charge in [-0.05, 0) is 87.4 Å². The van der Waals surface area contributed by atoms with Crippen LogP contribution in [0.1, 0.15) is 153 Å². The fourth-order valence-corrected chi connectivity index (χ4v) is 7.72. The average molecular weight is 713 g/mol. The Morgan fingerprint density at radius 2 is 1.63 bits per heavy atom. The third kappa shape index (κ3) is 7.70. The van der Waals surface area contributed by atoms with E-state index in [1.165, 1.54) is 13.5 Å². The Morgan fingerprint density at radius 1 is 0.923 bits per heavy atom. The molecule has 8 bridgehead atoms. The normalized spacial score (nSPS) is 16.3. The zero-order valence-electron chi connectivity index (χ0n) is 31.7. The summed E-state index contributed by atoms with van der Waals surface area (Å²) in [6.07, 6.45) is 4.80. The molecule has 0 spiro atoms. The molecule has 1 unspecified atom stereocenters. The number of hydrogen-bond acceptors (Lipinski definition) is 7. The van der Waals surface area contributed by atoms with Crippen LogP contribution >= 0.6 is 0 Å². The van der Waals surface area contributed by atoms with Gasteiger partial charge in [0.1, 0.15) is 0 Å². The fraction of sp³-hybridized carbons (Fsp3) is 0.488. The number of aromatic nitrogens is 4. The molecule has 52 heavy (non-hydrogen) atoms. The molecule has 3 atom stereocenters. The summed E-state index contributed by atoms with van der Waals surface area (Å²) < 4.78 is 11.5.